The zero-order valence-electron chi connectivity index (χ0n) is 25.4. The quantitative estimate of drug-likeness (QED) is 0.177. The fraction of sp³-hybridized carbons (Fsp3) is 0.281. The topological polar surface area (TPSA) is 134 Å². The number of nitrogens with one attached hydrogen (secondary N) is 1. The van der Waals surface area contributed by atoms with Crippen LogP contribution in [0.2, 0.25) is 5.02 Å². The Hall–Kier alpha value is -5.10. The lowest BCUT2D eigenvalue weighted by Gasteiger charge is -2.36. The van der Waals surface area contributed by atoms with Gasteiger partial charge in [-0.1, -0.05) is 28.9 Å². The van der Waals surface area contributed by atoms with Crippen LogP contribution in [-0.2, 0) is 0 Å². The molecule has 1 saturated heterocycles. The Balaban J connectivity index is 1.34. The zero-order valence-corrected chi connectivity index (χ0v) is 26.1. The van der Waals surface area contributed by atoms with Gasteiger partial charge in [0.05, 0.1) is 22.2 Å². The van der Waals surface area contributed by atoms with Crippen LogP contribution in [0.1, 0.15) is 33.4 Å². The van der Waals surface area contributed by atoms with Crippen molar-refractivity contribution in [1.29, 1.82) is 0 Å². The van der Waals surface area contributed by atoms with Crippen molar-refractivity contribution >= 4 is 46.2 Å². The lowest BCUT2D eigenvalue weighted by Crippen LogP contribution is -2.49. The maximum absolute atomic E-state index is 13.8. The lowest BCUT2D eigenvalue weighted by atomic mass is 10.0. The Bertz CT molecular complexity index is 1730. The molecule has 0 spiro atoms. The molecule has 0 unspecified atom stereocenters. The molecule has 0 radical (unpaired) electrons. The van der Waals surface area contributed by atoms with Crippen molar-refractivity contribution in [2.24, 2.45) is 0 Å². The lowest BCUT2D eigenvalue weighted by molar-refractivity contribution is -0.383. The summed E-state index contributed by atoms with van der Waals surface area (Å²) in [7, 11) is 3.78. The highest BCUT2D eigenvalue weighted by molar-refractivity contribution is 6.33. The van der Waals surface area contributed by atoms with E-state index in [1.54, 1.807) is 36.1 Å². The number of nitro benzene ring substituents is 1. The molecule has 1 aliphatic heterocycles. The molecule has 12 nitrogen and oxygen atoms in total. The molecule has 1 aromatic heterocycles. The van der Waals surface area contributed by atoms with E-state index in [0.29, 0.717) is 72.4 Å². The van der Waals surface area contributed by atoms with Gasteiger partial charge in [0.2, 0.25) is 0 Å². The number of hydrogen-bond donors (Lipinski definition) is 1. The van der Waals surface area contributed by atoms with Crippen LogP contribution in [0, 0.1) is 17.0 Å². The zero-order chi connectivity index (χ0) is 32.2. The maximum atomic E-state index is 13.8. The largest absolute Gasteiger partial charge is 0.493 e. The van der Waals surface area contributed by atoms with E-state index in [1.165, 1.54) is 12.1 Å². The van der Waals surface area contributed by atoms with Crippen molar-refractivity contribution < 1.29 is 23.8 Å². The van der Waals surface area contributed by atoms with Crippen LogP contribution in [0.15, 0.2) is 65.2 Å². The molecule has 1 aliphatic rings. The number of aromatic nitrogens is 1. The molecule has 4 aromatic rings. The molecule has 0 saturated carbocycles. The van der Waals surface area contributed by atoms with Gasteiger partial charge in [-0.2, -0.15) is 0 Å². The molecule has 0 atom stereocenters. The molecule has 2 heterocycles. The van der Waals surface area contributed by atoms with Gasteiger partial charge in [0.15, 0.2) is 0 Å². The summed E-state index contributed by atoms with van der Waals surface area (Å²) in [5.74, 6) is 0.294. The van der Waals surface area contributed by atoms with Crippen LogP contribution in [0.4, 0.5) is 22.7 Å². The van der Waals surface area contributed by atoms with Gasteiger partial charge in [-0.15, -0.1) is 0 Å². The normalized spacial score (nSPS) is 13.0. The summed E-state index contributed by atoms with van der Waals surface area (Å²) in [6.07, 6.45) is 0. The van der Waals surface area contributed by atoms with Gasteiger partial charge in [0, 0.05) is 63.2 Å². The molecule has 13 heteroatoms. The van der Waals surface area contributed by atoms with Gasteiger partial charge in [-0.25, -0.2) is 0 Å². The number of aryl methyl sites for hydroxylation is 1. The van der Waals surface area contributed by atoms with E-state index in [1.807, 2.05) is 55.1 Å². The Kier molecular flexibility index (Phi) is 9.24. The van der Waals surface area contributed by atoms with E-state index in [9.17, 15) is 19.7 Å². The number of nitro groups is 1. The third-order valence-corrected chi connectivity index (χ3v) is 7.88. The predicted molar refractivity (Wildman–Crippen MR) is 173 cm³/mol. The minimum atomic E-state index is -0.584. The molecule has 1 N–H and O–H groups in total. The Morgan fingerprint density at radius 2 is 1.78 bits per heavy atom. The van der Waals surface area contributed by atoms with E-state index in [-0.39, 0.29) is 22.3 Å². The number of amides is 2. The van der Waals surface area contributed by atoms with Gasteiger partial charge < -0.3 is 29.3 Å². The van der Waals surface area contributed by atoms with Gasteiger partial charge in [-0.3, -0.25) is 19.7 Å². The van der Waals surface area contributed by atoms with Crippen molar-refractivity contribution in [3.63, 3.8) is 0 Å². The van der Waals surface area contributed by atoms with Crippen LogP contribution in [-0.4, -0.2) is 73.7 Å². The molecule has 0 bridgehead atoms. The average molecular weight is 633 g/mol. The van der Waals surface area contributed by atoms with Gasteiger partial charge >= 0.3 is 0 Å². The third-order valence-electron chi connectivity index (χ3n) is 7.58. The number of hydrogen-bond acceptors (Lipinski definition) is 9. The number of para-hydroxylation sites is 1. The van der Waals surface area contributed by atoms with Crippen molar-refractivity contribution in [2.45, 2.75) is 13.8 Å². The number of ether oxygens (including phenoxy) is 1. The number of anilines is 3. The second kappa shape index (κ2) is 13.3. The second-order valence-corrected chi connectivity index (χ2v) is 11.1. The van der Waals surface area contributed by atoms with E-state index < -0.39 is 10.8 Å². The minimum Gasteiger partial charge on any atom is -0.493 e. The monoisotopic (exact) mass is 632 g/mol. The van der Waals surface area contributed by atoms with Crippen LogP contribution < -0.4 is 19.9 Å². The van der Waals surface area contributed by atoms with Gasteiger partial charge in [0.25, 0.3) is 17.5 Å². The molecule has 5 rings (SSSR count). The van der Waals surface area contributed by atoms with Crippen LogP contribution in [0.5, 0.6) is 5.75 Å². The summed E-state index contributed by atoms with van der Waals surface area (Å²) in [6, 6.07) is 17.0. The number of piperazine rings is 1. The fourth-order valence-corrected chi connectivity index (χ4v) is 5.49. The summed E-state index contributed by atoms with van der Waals surface area (Å²) in [5.41, 5.74) is 2.93. The highest BCUT2D eigenvalue weighted by Crippen LogP contribution is 2.38. The summed E-state index contributed by atoms with van der Waals surface area (Å²) < 4.78 is 11.2. The molecule has 3 aromatic carbocycles. The molecular formula is C32H33ClN6O6. The van der Waals surface area contributed by atoms with E-state index in [2.05, 4.69) is 10.5 Å². The number of carbonyl (C=O) groups is 2. The first-order valence-electron chi connectivity index (χ1n) is 14.4. The Morgan fingerprint density at radius 3 is 2.42 bits per heavy atom. The number of halogens is 1. The first-order valence-corrected chi connectivity index (χ1v) is 14.8. The van der Waals surface area contributed by atoms with Crippen LogP contribution >= 0.6 is 11.6 Å². The smallest absolute Gasteiger partial charge is 0.294 e. The fourth-order valence-electron chi connectivity index (χ4n) is 5.21. The minimum absolute atomic E-state index is 0.0253. The summed E-state index contributed by atoms with van der Waals surface area (Å²) >= 11 is 6.53. The Morgan fingerprint density at radius 1 is 1.09 bits per heavy atom. The van der Waals surface area contributed by atoms with Crippen LogP contribution in [0.3, 0.4) is 0 Å². The van der Waals surface area contributed by atoms with Gasteiger partial charge in [0.1, 0.15) is 28.5 Å². The number of carbonyl (C=O) groups excluding carboxylic acids is 2. The molecule has 0 aliphatic carbocycles. The average Bonchev–Trinajstić information content (AvgIpc) is 3.42. The standard InChI is InChI=1S/C32H33ClN6O6/c1-5-44-28-9-7-6-8-23(28)30-29(20(2)45-35-30)32(41)38-16-14-37(15-17-38)26-19-25(27(39(42)43)18-24(26)33)34-31(40)21-10-12-22(13-11-21)36(3)4/h6-13,18-19H,5,14-17H2,1-4H3,(H,34,40). The van der Waals surface area contributed by atoms with E-state index in [0.717, 1.165) is 5.69 Å². The van der Waals surface area contributed by atoms with E-state index in [4.69, 9.17) is 20.9 Å². The number of rotatable bonds is 9. The molecule has 45 heavy (non-hydrogen) atoms. The molecule has 234 valence electrons. The number of nitrogens with zero attached hydrogens (tertiary/aromatic N) is 5. The first-order chi connectivity index (χ1) is 21.6. The summed E-state index contributed by atoms with van der Waals surface area (Å²) in [4.78, 5) is 43.6. The van der Waals surface area contributed by atoms with Crippen molar-refractivity contribution in [1.82, 2.24) is 10.1 Å². The third kappa shape index (κ3) is 6.55. The molecule has 2 amide bonds. The number of benzene rings is 3. The first kappa shape index (κ1) is 31.3. The van der Waals surface area contributed by atoms with Crippen molar-refractivity contribution in [3.05, 3.63) is 92.7 Å². The highest BCUT2D eigenvalue weighted by atomic mass is 35.5. The summed E-state index contributed by atoms with van der Waals surface area (Å²) in [6.45, 7) is 5.54. The highest BCUT2D eigenvalue weighted by Gasteiger charge is 2.31. The van der Waals surface area contributed by atoms with E-state index >= 15 is 0 Å². The van der Waals surface area contributed by atoms with Gasteiger partial charge in [-0.05, 0) is 56.3 Å². The maximum Gasteiger partial charge on any atom is 0.294 e. The van der Waals surface area contributed by atoms with Crippen molar-refractivity contribution in [2.75, 3.05) is 62.0 Å². The molecule has 1 fully saturated rings. The predicted octanol–water partition coefficient (Wildman–Crippen LogP) is 5.89. The summed E-state index contributed by atoms with van der Waals surface area (Å²) in [5, 5.41) is 18.9. The van der Waals surface area contributed by atoms with Crippen LogP contribution in [0.25, 0.3) is 11.3 Å². The molecular weight excluding hydrogens is 600 g/mol. The Labute approximate surface area is 265 Å². The SMILES string of the molecule is CCOc1ccccc1-c1noc(C)c1C(=O)N1CCN(c2cc(NC(=O)c3ccc(N(C)C)cc3)c([N+](=O)[O-])cc2Cl)CC1. The second-order valence-electron chi connectivity index (χ2n) is 10.6. The van der Waals surface area contributed by atoms with Crippen molar-refractivity contribution in [3.8, 4) is 17.0 Å².